The number of hydrogen-bond donors (Lipinski definition) is 4. The van der Waals surface area contributed by atoms with Crippen molar-refractivity contribution in [3.05, 3.63) is 34.0 Å². The number of aliphatic hydroxyl groups is 3. The van der Waals surface area contributed by atoms with Gasteiger partial charge >= 0.3 is 0 Å². The molecule has 5 unspecified atom stereocenters. The number of fused-ring (bicyclic) bond motifs is 1. The number of rotatable bonds is 7. The van der Waals surface area contributed by atoms with Gasteiger partial charge in [0, 0.05) is 17.3 Å². The van der Waals surface area contributed by atoms with E-state index in [2.05, 4.69) is 27.2 Å². The van der Waals surface area contributed by atoms with Crippen molar-refractivity contribution in [1.82, 2.24) is 19.5 Å². The van der Waals surface area contributed by atoms with Gasteiger partial charge in [-0.3, -0.25) is 4.57 Å². The molecule has 0 aliphatic carbocycles. The number of nitrogens with one attached hydrogen (secondary N) is 1. The van der Waals surface area contributed by atoms with Gasteiger partial charge in [0.05, 0.1) is 18.0 Å². The molecule has 1 aliphatic rings. The Hall–Kier alpha value is -1.82. The third kappa shape index (κ3) is 3.83. The molecule has 156 valence electrons. The number of ether oxygens (including phenoxy) is 1. The van der Waals surface area contributed by atoms with Crippen LogP contribution in [0.1, 0.15) is 24.4 Å². The number of hydrogen-bond acceptors (Lipinski definition) is 9. The molecule has 0 saturated carbocycles. The monoisotopic (exact) mass is 439 g/mol. The molecular formula is C18H22ClN5O4S. The lowest BCUT2D eigenvalue weighted by Gasteiger charge is -2.18. The summed E-state index contributed by atoms with van der Waals surface area (Å²) in [5.41, 5.74) is 0.988. The topological polar surface area (TPSA) is 126 Å². The van der Waals surface area contributed by atoms with Crippen molar-refractivity contribution in [3.8, 4) is 0 Å². The fourth-order valence-electron chi connectivity index (χ4n) is 3.44. The summed E-state index contributed by atoms with van der Waals surface area (Å²) in [4.78, 5) is 14.1. The summed E-state index contributed by atoms with van der Waals surface area (Å²) in [5.74, 6) is 0.569. The van der Waals surface area contributed by atoms with Crippen LogP contribution in [0, 0.1) is 0 Å². The first-order chi connectivity index (χ1) is 14.0. The third-order valence-electron chi connectivity index (χ3n) is 5.11. The smallest absolute Gasteiger partial charge is 0.167 e. The number of nitrogens with zero attached hydrogens (tertiary/aromatic N) is 4. The van der Waals surface area contributed by atoms with Crippen LogP contribution in [-0.4, -0.2) is 65.8 Å². The first-order valence-electron chi connectivity index (χ1n) is 9.31. The summed E-state index contributed by atoms with van der Waals surface area (Å²) in [7, 11) is 0. The van der Waals surface area contributed by atoms with Gasteiger partial charge in [-0.15, -0.1) is 11.3 Å². The van der Waals surface area contributed by atoms with Crippen LogP contribution < -0.4 is 5.32 Å². The molecular weight excluding hydrogens is 418 g/mol. The molecule has 5 atom stereocenters. The molecule has 0 bridgehead atoms. The lowest BCUT2D eigenvalue weighted by molar-refractivity contribution is -0.0511. The van der Waals surface area contributed by atoms with Gasteiger partial charge in [0.1, 0.15) is 24.6 Å². The molecule has 4 N–H and O–H groups in total. The molecule has 3 aromatic heterocycles. The molecule has 0 amide bonds. The lowest BCUT2D eigenvalue weighted by Crippen LogP contribution is -2.33. The molecule has 0 radical (unpaired) electrons. The lowest BCUT2D eigenvalue weighted by atomic mass is 10.1. The molecule has 0 spiro atoms. The van der Waals surface area contributed by atoms with E-state index < -0.39 is 31.1 Å². The maximum Gasteiger partial charge on any atom is 0.167 e. The van der Waals surface area contributed by atoms with Crippen molar-refractivity contribution in [3.63, 3.8) is 0 Å². The average Bonchev–Trinajstić information content (AvgIpc) is 3.41. The highest BCUT2D eigenvalue weighted by Gasteiger charge is 2.44. The van der Waals surface area contributed by atoms with E-state index in [9.17, 15) is 15.3 Å². The Labute approximate surface area is 176 Å². The van der Waals surface area contributed by atoms with Crippen molar-refractivity contribution >= 4 is 39.9 Å². The van der Waals surface area contributed by atoms with E-state index in [0.29, 0.717) is 17.0 Å². The van der Waals surface area contributed by atoms with E-state index >= 15 is 0 Å². The van der Waals surface area contributed by atoms with Crippen LogP contribution in [0.25, 0.3) is 11.2 Å². The van der Waals surface area contributed by atoms with Gasteiger partial charge in [-0.25, -0.2) is 15.0 Å². The molecule has 0 aromatic carbocycles. The second kappa shape index (κ2) is 8.50. The highest BCUT2D eigenvalue weighted by atomic mass is 35.5. The summed E-state index contributed by atoms with van der Waals surface area (Å²) in [6.45, 7) is 1.68. The molecule has 29 heavy (non-hydrogen) atoms. The van der Waals surface area contributed by atoms with E-state index in [0.717, 1.165) is 22.7 Å². The Morgan fingerprint density at radius 2 is 2.14 bits per heavy atom. The second-order valence-corrected chi connectivity index (χ2v) is 8.33. The van der Waals surface area contributed by atoms with E-state index in [4.69, 9.17) is 16.3 Å². The molecule has 4 heterocycles. The fourth-order valence-corrected chi connectivity index (χ4v) is 4.63. The number of halogens is 1. The zero-order chi connectivity index (χ0) is 20.5. The molecule has 1 saturated heterocycles. The van der Waals surface area contributed by atoms with Crippen molar-refractivity contribution in [2.24, 2.45) is 0 Å². The average molecular weight is 440 g/mol. The predicted molar refractivity (Wildman–Crippen MR) is 109 cm³/mol. The predicted octanol–water partition coefficient (Wildman–Crippen LogP) is 1.59. The van der Waals surface area contributed by atoms with E-state index in [1.807, 2.05) is 11.4 Å². The molecule has 1 aliphatic heterocycles. The minimum atomic E-state index is -1.21. The molecule has 9 nitrogen and oxygen atoms in total. The van der Waals surface area contributed by atoms with Crippen molar-refractivity contribution in [2.45, 2.75) is 50.3 Å². The fraction of sp³-hybridized carbons (Fsp3) is 0.500. The van der Waals surface area contributed by atoms with Gasteiger partial charge in [-0.1, -0.05) is 18.5 Å². The molecule has 11 heteroatoms. The van der Waals surface area contributed by atoms with Gasteiger partial charge in [0.15, 0.2) is 23.2 Å². The summed E-state index contributed by atoms with van der Waals surface area (Å²) in [5, 5.41) is 35.8. The molecule has 3 aromatic rings. The van der Waals surface area contributed by atoms with Crippen molar-refractivity contribution in [2.75, 3.05) is 11.9 Å². The Kier molecular flexibility index (Phi) is 6.00. The molecule has 4 rings (SSSR count). The van der Waals surface area contributed by atoms with Crippen LogP contribution in [0.5, 0.6) is 0 Å². The van der Waals surface area contributed by atoms with E-state index in [1.54, 1.807) is 15.9 Å². The zero-order valence-electron chi connectivity index (χ0n) is 15.6. The van der Waals surface area contributed by atoms with Crippen molar-refractivity contribution in [1.29, 1.82) is 0 Å². The number of thiophene rings is 1. The highest BCUT2D eigenvalue weighted by Crippen LogP contribution is 2.32. The van der Waals surface area contributed by atoms with Gasteiger partial charge in [-0.2, -0.15) is 0 Å². The zero-order valence-corrected chi connectivity index (χ0v) is 17.2. The Morgan fingerprint density at radius 1 is 1.31 bits per heavy atom. The summed E-state index contributed by atoms with van der Waals surface area (Å²) in [6, 6.07) is 1.99. The number of aromatic nitrogens is 4. The minimum absolute atomic E-state index is 0.100. The summed E-state index contributed by atoms with van der Waals surface area (Å²) >= 11 is 7.85. The highest BCUT2D eigenvalue weighted by molar-refractivity contribution is 7.10. The molecule has 1 fully saturated rings. The maximum absolute atomic E-state index is 10.3. The van der Waals surface area contributed by atoms with Gasteiger partial charge in [0.25, 0.3) is 0 Å². The third-order valence-corrected chi connectivity index (χ3v) is 6.52. The first kappa shape index (κ1) is 20.5. The number of imidazole rings is 1. The number of anilines is 1. The quantitative estimate of drug-likeness (QED) is 0.437. The van der Waals surface area contributed by atoms with Crippen LogP contribution in [0.3, 0.4) is 0 Å². The first-order valence-corrected chi connectivity index (χ1v) is 10.6. The van der Waals surface area contributed by atoms with Gasteiger partial charge in [0.2, 0.25) is 0 Å². The normalized spacial score (nSPS) is 25.6. The van der Waals surface area contributed by atoms with E-state index in [-0.39, 0.29) is 6.04 Å². The second-order valence-electron chi connectivity index (χ2n) is 6.92. The van der Waals surface area contributed by atoms with Crippen LogP contribution in [0.4, 0.5) is 5.82 Å². The van der Waals surface area contributed by atoms with Gasteiger partial charge < -0.3 is 25.4 Å². The van der Waals surface area contributed by atoms with Crippen LogP contribution in [0.2, 0.25) is 5.02 Å². The Balaban J connectivity index is 1.60. The van der Waals surface area contributed by atoms with Crippen LogP contribution >= 0.6 is 22.9 Å². The minimum Gasteiger partial charge on any atom is -0.394 e. The Morgan fingerprint density at radius 3 is 2.79 bits per heavy atom. The number of aliphatic hydroxyl groups excluding tert-OH is 3. The van der Waals surface area contributed by atoms with E-state index in [1.165, 1.54) is 12.7 Å². The summed E-state index contributed by atoms with van der Waals surface area (Å²) < 4.78 is 7.14. The Bertz CT molecular complexity index is 982. The van der Waals surface area contributed by atoms with Gasteiger partial charge in [-0.05, 0) is 17.9 Å². The largest absolute Gasteiger partial charge is 0.394 e. The van der Waals surface area contributed by atoms with Crippen LogP contribution in [-0.2, 0) is 11.2 Å². The SMILES string of the molecule is CCC(Cc1sccc1Cl)Nc1ncnc2c1ncn2C1OC(CO)C(O)C1O. The summed E-state index contributed by atoms with van der Waals surface area (Å²) in [6.07, 6.45) is 0.344. The maximum atomic E-state index is 10.3. The van der Waals surface area contributed by atoms with Crippen LogP contribution in [0.15, 0.2) is 24.1 Å². The standard InChI is InChI=1S/C18H22ClN5O4S/c1-2-9(5-12-10(19)3-4-29-12)23-16-13-17(21-7-20-16)24(8-22-13)18-15(27)14(26)11(6-25)28-18/h3-4,7-9,11,14-15,18,25-27H,2,5-6H2,1H3,(H,20,21,23). The van der Waals surface area contributed by atoms with Crippen molar-refractivity contribution < 1.29 is 20.1 Å².